The quantitative estimate of drug-likeness (QED) is 0.155. The summed E-state index contributed by atoms with van der Waals surface area (Å²) in [7, 11) is 0. The molecule has 0 saturated carbocycles. The largest absolute Gasteiger partial charge is 0.486 e. The first-order valence-corrected chi connectivity index (χ1v) is 29.0. The van der Waals surface area contributed by atoms with Crippen molar-refractivity contribution in [3.8, 4) is 33.8 Å². The highest BCUT2D eigenvalue weighted by Gasteiger charge is 2.45. The van der Waals surface area contributed by atoms with Crippen LogP contribution in [0.15, 0.2) is 200 Å². The van der Waals surface area contributed by atoms with E-state index in [4.69, 9.17) is 9.47 Å². The molecule has 0 radical (unpaired) electrons. The maximum absolute atomic E-state index is 6.47. The Morgan fingerprint density at radius 3 is 1.57 bits per heavy atom. The lowest BCUT2D eigenvalue weighted by Crippen LogP contribution is -2.61. The van der Waals surface area contributed by atoms with Crippen molar-refractivity contribution < 1.29 is 9.47 Å². The third-order valence-corrected chi connectivity index (χ3v) is 17.9. The second-order valence-electron chi connectivity index (χ2n) is 26.5. The van der Waals surface area contributed by atoms with Crippen molar-refractivity contribution >= 4 is 85.1 Å². The Bertz CT molecular complexity index is 4160. The van der Waals surface area contributed by atoms with Gasteiger partial charge in [0, 0.05) is 62.7 Å². The van der Waals surface area contributed by atoms with Crippen LogP contribution in [0, 0.1) is 0 Å². The van der Waals surface area contributed by atoms with E-state index in [1.807, 2.05) is 0 Å². The number of fused-ring (bicyclic) bond motifs is 9. The van der Waals surface area contributed by atoms with Crippen molar-refractivity contribution in [1.82, 2.24) is 0 Å². The van der Waals surface area contributed by atoms with E-state index >= 15 is 0 Å². The van der Waals surface area contributed by atoms with Crippen LogP contribution in [-0.2, 0) is 21.7 Å². The van der Waals surface area contributed by atoms with Gasteiger partial charge in [0.25, 0.3) is 6.71 Å². The Hall–Kier alpha value is -8.48. The van der Waals surface area contributed by atoms with Crippen LogP contribution in [-0.4, -0.2) is 19.9 Å². The molecule has 81 heavy (non-hydrogen) atoms. The zero-order valence-electron chi connectivity index (χ0n) is 48.7. The number of ether oxygens (including phenoxy) is 2. The van der Waals surface area contributed by atoms with Crippen LogP contribution < -0.4 is 40.6 Å². The molecule has 0 bridgehead atoms. The van der Waals surface area contributed by atoms with Gasteiger partial charge in [-0.25, -0.2) is 0 Å². The Morgan fingerprint density at radius 1 is 0.407 bits per heavy atom. The number of nitrogens with zero attached hydrogens (tertiary/aromatic N) is 3. The van der Waals surface area contributed by atoms with E-state index < -0.39 is 0 Å². The second-order valence-corrected chi connectivity index (χ2v) is 26.5. The van der Waals surface area contributed by atoms with Gasteiger partial charge in [-0.3, -0.25) is 0 Å². The molecule has 5 nitrogen and oxygen atoms in total. The highest BCUT2D eigenvalue weighted by Crippen LogP contribution is 2.52. The summed E-state index contributed by atoms with van der Waals surface area (Å²) in [5.41, 5.74) is 25.2. The van der Waals surface area contributed by atoms with Gasteiger partial charge in [0.15, 0.2) is 11.5 Å². The van der Waals surface area contributed by atoms with Gasteiger partial charge in [-0.05, 0) is 178 Å². The molecule has 10 aromatic rings. The minimum atomic E-state index is -0.145. The fraction of sp³-hybridized carbons (Fsp3) is 0.227. The van der Waals surface area contributed by atoms with E-state index in [9.17, 15) is 0 Å². The SMILES string of the molecule is CC(C)(C)c1ccc(N2c3ccc(C(C)(C)C)cc3B3c4cc5c(cc4N(c4ccc(C(C)(C)C)cc4)c4cc(-c6ccc(N(c7ccc8c(c7)C(C)(C)c7ccccc7-8)c7ccc8ccccc8c7)cc6)cc2c43)OCCO5)cc1. The predicted molar refractivity (Wildman–Crippen MR) is 343 cm³/mol. The summed E-state index contributed by atoms with van der Waals surface area (Å²) in [5, 5.41) is 2.43. The standard InChI is InChI=1S/C75H70BN3O2/c1-72(2,3)51-23-31-55(32-24-51)78-65-37-27-53(74(7,8)9)43-63(65)76-64-45-69-70(81-39-38-80-69)46-66(64)79(56-33-25-52(26-34-56)73(4,5)6)68-42-50(41-67(78)71(68)76)48-20-28-54(29-21-48)77(57-30-22-47-16-12-13-17-49(47)40-57)58-35-36-60-59-18-14-15-19-61(59)75(10,11)62(60)44-58/h12-37,40-46H,38-39H2,1-11H3. The van der Waals surface area contributed by atoms with Crippen molar-refractivity contribution in [2.45, 2.75) is 97.8 Å². The molecule has 14 rings (SSSR count). The van der Waals surface area contributed by atoms with E-state index in [-0.39, 0.29) is 28.4 Å². The summed E-state index contributed by atoms with van der Waals surface area (Å²) in [4.78, 5) is 7.48. The van der Waals surface area contributed by atoms with E-state index in [0.717, 1.165) is 68.1 Å². The van der Waals surface area contributed by atoms with Crippen molar-refractivity contribution in [1.29, 1.82) is 0 Å². The van der Waals surface area contributed by atoms with Crippen LogP contribution in [0.2, 0.25) is 0 Å². The van der Waals surface area contributed by atoms with Gasteiger partial charge >= 0.3 is 0 Å². The van der Waals surface area contributed by atoms with Gasteiger partial charge in [0.05, 0.1) is 0 Å². The van der Waals surface area contributed by atoms with Crippen molar-refractivity contribution in [2.24, 2.45) is 0 Å². The van der Waals surface area contributed by atoms with Gasteiger partial charge in [0.2, 0.25) is 0 Å². The Labute approximate surface area is 479 Å². The molecule has 0 saturated heterocycles. The second kappa shape index (κ2) is 18.3. The van der Waals surface area contributed by atoms with Gasteiger partial charge in [-0.2, -0.15) is 0 Å². The van der Waals surface area contributed by atoms with E-state index in [0.29, 0.717) is 13.2 Å². The maximum Gasteiger partial charge on any atom is 0.252 e. The van der Waals surface area contributed by atoms with Gasteiger partial charge in [-0.1, -0.05) is 185 Å². The molecule has 1 aliphatic carbocycles. The fourth-order valence-electron chi connectivity index (χ4n) is 13.3. The molecule has 4 aliphatic rings. The van der Waals surface area contributed by atoms with Gasteiger partial charge < -0.3 is 24.2 Å². The molecular weight excluding hydrogens is 986 g/mol. The molecule has 0 amide bonds. The number of rotatable bonds is 6. The first-order valence-electron chi connectivity index (χ1n) is 29.0. The lowest BCUT2D eigenvalue weighted by Gasteiger charge is -2.45. The van der Waals surface area contributed by atoms with Crippen LogP contribution in [0.4, 0.5) is 51.2 Å². The minimum absolute atomic E-state index is 0.000818. The topological polar surface area (TPSA) is 28.2 Å². The van der Waals surface area contributed by atoms with Crippen LogP contribution in [0.25, 0.3) is 33.0 Å². The molecule has 10 aromatic carbocycles. The number of hydrogen-bond acceptors (Lipinski definition) is 5. The summed E-state index contributed by atoms with van der Waals surface area (Å²) >= 11 is 0. The lowest BCUT2D eigenvalue weighted by atomic mass is 9.33. The molecule has 0 spiro atoms. The highest BCUT2D eigenvalue weighted by molar-refractivity contribution is 7.00. The molecule has 3 heterocycles. The average molecular weight is 1060 g/mol. The zero-order chi connectivity index (χ0) is 55.9. The summed E-state index contributed by atoms with van der Waals surface area (Å²) < 4.78 is 12.9. The van der Waals surface area contributed by atoms with Crippen molar-refractivity contribution in [2.75, 3.05) is 27.9 Å². The third-order valence-electron chi connectivity index (χ3n) is 17.9. The normalized spacial score (nSPS) is 14.7. The van der Waals surface area contributed by atoms with Crippen molar-refractivity contribution in [3.05, 3.63) is 228 Å². The van der Waals surface area contributed by atoms with Crippen LogP contribution in [0.1, 0.15) is 104 Å². The van der Waals surface area contributed by atoms with Crippen LogP contribution in [0.5, 0.6) is 11.5 Å². The molecule has 6 heteroatoms. The van der Waals surface area contributed by atoms with Crippen LogP contribution >= 0.6 is 0 Å². The maximum atomic E-state index is 6.47. The first kappa shape index (κ1) is 50.7. The fourth-order valence-corrected chi connectivity index (χ4v) is 13.3. The smallest absolute Gasteiger partial charge is 0.252 e. The van der Waals surface area contributed by atoms with Crippen molar-refractivity contribution in [3.63, 3.8) is 0 Å². The lowest BCUT2D eigenvalue weighted by molar-refractivity contribution is 0.172. The average Bonchev–Trinajstić information content (AvgIpc) is 2.49. The molecule has 0 N–H and O–H groups in total. The molecule has 0 unspecified atom stereocenters. The zero-order valence-corrected chi connectivity index (χ0v) is 48.7. The molecular formula is C75H70BN3O2. The van der Waals surface area contributed by atoms with E-state index in [1.54, 1.807) is 0 Å². The predicted octanol–water partition coefficient (Wildman–Crippen LogP) is 18.0. The number of benzene rings is 10. The summed E-state index contributed by atoms with van der Waals surface area (Å²) in [5.74, 6) is 1.57. The monoisotopic (exact) mass is 1060 g/mol. The number of hydrogen-bond donors (Lipinski definition) is 0. The van der Waals surface area contributed by atoms with Crippen LogP contribution in [0.3, 0.4) is 0 Å². The van der Waals surface area contributed by atoms with E-state index in [1.165, 1.54) is 71.8 Å². The first-order chi connectivity index (χ1) is 38.8. The molecule has 0 aromatic heterocycles. The van der Waals surface area contributed by atoms with Gasteiger partial charge in [0.1, 0.15) is 13.2 Å². The van der Waals surface area contributed by atoms with Gasteiger partial charge in [-0.15, -0.1) is 0 Å². The summed E-state index contributed by atoms with van der Waals surface area (Å²) in [6.07, 6.45) is 0. The summed E-state index contributed by atoms with van der Waals surface area (Å²) in [6, 6.07) is 76.1. The molecule has 0 atom stereocenters. The Morgan fingerprint density at radius 2 is 0.926 bits per heavy atom. The molecule has 0 fully saturated rings. The Balaban J connectivity index is 0.995. The third kappa shape index (κ3) is 8.35. The Kier molecular flexibility index (Phi) is 11.4. The number of anilines is 9. The minimum Gasteiger partial charge on any atom is -0.486 e. The summed E-state index contributed by atoms with van der Waals surface area (Å²) in [6.45, 7) is 26.4. The molecule has 400 valence electrons. The molecule has 3 aliphatic heterocycles. The van der Waals surface area contributed by atoms with E-state index in [2.05, 4.69) is 291 Å². The highest BCUT2D eigenvalue weighted by atomic mass is 16.6.